The molecule has 1 aromatic rings. The summed E-state index contributed by atoms with van der Waals surface area (Å²) in [4.78, 5) is -0.348. The van der Waals surface area contributed by atoms with E-state index in [0.29, 0.717) is 12.1 Å². The first-order valence-electron chi connectivity index (χ1n) is 3.28. The van der Waals surface area contributed by atoms with E-state index in [9.17, 15) is 21.9 Å². The van der Waals surface area contributed by atoms with Gasteiger partial charge in [0.15, 0.2) is 0 Å². The van der Waals surface area contributed by atoms with Crippen molar-refractivity contribution in [3.63, 3.8) is 0 Å². The first-order valence-corrected chi connectivity index (χ1v) is 4.73. The minimum atomic E-state index is -4.52. The van der Waals surface area contributed by atoms with Crippen LogP contribution in [-0.2, 0) is 17.3 Å². The fourth-order valence-electron chi connectivity index (χ4n) is 0.812. The molecule has 14 heavy (non-hydrogen) atoms. The Labute approximate surface area is 85.0 Å². The molecule has 1 atom stereocenters. The lowest BCUT2D eigenvalue weighted by Gasteiger charge is -2.11. The van der Waals surface area contributed by atoms with Gasteiger partial charge in [0.2, 0.25) is 0 Å². The van der Waals surface area contributed by atoms with Crippen LogP contribution in [0.15, 0.2) is 23.1 Å². The smallest absolute Gasteiger partial charge is 0.416 e. The highest BCUT2D eigenvalue weighted by Gasteiger charge is 2.30. The van der Waals surface area contributed by atoms with Gasteiger partial charge in [0, 0.05) is 4.90 Å². The maximum absolute atomic E-state index is 12.1. The molecule has 0 saturated carbocycles. The molecule has 0 N–H and O–H groups in total. The predicted octanol–water partition coefficient (Wildman–Crippen LogP) is 2.60. The maximum atomic E-state index is 12.1. The van der Waals surface area contributed by atoms with E-state index < -0.39 is 27.8 Å². The van der Waals surface area contributed by atoms with Gasteiger partial charge in [0.05, 0.1) is 10.6 Å². The lowest BCUT2D eigenvalue weighted by Crippen LogP contribution is -2.05. The Kier molecular flexibility index (Phi) is 3.18. The van der Waals surface area contributed by atoms with Crippen molar-refractivity contribution in [1.82, 2.24) is 0 Å². The fourth-order valence-corrected chi connectivity index (χ4v) is 1.58. The SMILES string of the molecule is O=S([O-])c1ccc(C(F)(F)F)cc1Cl. The number of rotatable bonds is 1. The molecular weight excluding hydrogens is 241 g/mol. The molecule has 0 heterocycles. The van der Waals surface area contributed by atoms with Crippen LogP contribution in [-0.4, -0.2) is 8.76 Å². The minimum absolute atomic E-state index is 0.348. The third-order valence-electron chi connectivity index (χ3n) is 1.44. The highest BCUT2D eigenvalue weighted by Crippen LogP contribution is 2.32. The van der Waals surface area contributed by atoms with Crippen molar-refractivity contribution in [3.8, 4) is 0 Å². The molecule has 0 aliphatic rings. The second kappa shape index (κ2) is 3.88. The summed E-state index contributed by atoms with van der Waals surface area (Å²) in [6.45, 7) is 0. The van der Waals surface area contributed by atoms with Crippen LogP contribution < -0.4 is 0 Å². The van der Waals surface area contributed by atoms with E-state index in [1.807, 2.05) is 0 Å². The molecule has 7 heteroatoms. The van der Waals surface area contributed by atoms with Gasteiger partial charge >= 0.3 is 6.18 Å². The largest absolute Gasteiger partial charge is 0.768 e. The van der Waals surface area contributed by atoms with Gasteiger partial charge in [-0.05, 0) is 29.3 Å². The highest BCUT2D eigenvalue weighted by molar-refractivity contribution is 7.79. The summed E-state index contributed by atoms with van der Waals surface area (Å²) in [5, 5.41) is -0.437. The predicted molar refractivity (Wildman–Crippen MR) is 43.6 cm³/mol. The summed E-state index contributed by atoms with van der Waals surface area (Å²) in [7, 11) is 0. The molecule has 1 rings (SSSR count). The number of hydrogen-bond acceptors (Lipinski definition) is 2. The zero-order chi connectivity index (χ0) is 10.9. The van der Waals surface area contributed by atoms with Gasteiger partial charge in [-0.25, -0.2) is 0 Å². The lowest BCUT2D eigenvalue weighted by atomic mass is 10.2. The topological polar surface area (TPSA) is 40.1 Å². The van der Waals surface area contributed by atoms with E-state index >= 15 is 0 Å². The average Bonchev–Trinajstić information content (AvgIpc) is 2.01. The van der Waals surface area contributed by atoms with E-state index in [0.717, 1.165) is 6.07 Å². The summed E-state index contributed by atoms with van der Waals surface area (Å²) in [5.74, 6) is 0. The molecule has 78 valence electrons. The van der Waals surface area contributed by atoms with Crippen molar-refractivity contribution in [2.75, 3.05) is 0 Å². The second-order valence-corrected chi connectivity index (χ2v) is 3.69. The van der Waals surface area contributed by atoms with Crippen LogP contribution >= 0.6 is 11.6 Å². The molecular formula is C7H3ClF3O2S-. The van der Waals surface area contributed by atoms with E-state index in [2.05, 4.69) is 0 Å². The van der Waals surface area contributed by atoms with E-state index in [1.54, 1.807) is 0 Å². The van der Waals surface area contributed by atoms with Gasteiger partial charge in [-0.15, -0.1) is 0 Å². The summed E-state index contributed by atoms with van der Waals surface area (Å²) in [6, 6.07) is 2.05. The van der Waals surface area contributed by atoms with Crippen LogP contribution in [0.3, 0.4) is 0 Å². The lowest BCUT2D eigenvalue weighted by molar-refractivity contribution is -0.137. The molecule has 0 amide bonds. The Balaban J connectivity index is 3.20. The van der Waals surface area contributed by atoms with Crippen LogP contribution in [0.1, 0.15) is 5.56 Å². The molecule has 1 unspecified atom stereocenters. The van der Waals surface area contributed by atoms with E-state index in [-0.39, 0.29) is 4.90 Å². The van der Waals surface area contributed by atoms with Crippen molar-refractivity contribution < 1.29 is 21.9 Å². The monoisotopic (exact) mass is 243 g/mol. The van der Waals surface area contributed by atoms with Crippen LogP contribution in [0.5, 0.6) is 0 Å². The van der Waals surface area contributed by atoms with Crippen LogP contribution in [0.4, 0.5) is 13.2 Å². The molecule has 0 bridgehead atoms. The molecule has 1 aromatic carbocycles. The second-order valence-electron chi connectivity index (χ2n) is 2.38. The third-order valence-corrected chi connectivity index (χ3v) is 2.58. The summed E-state index contributed by atoms with van der Waals surface area (Å²) in [5.41, 5.74) is -0.975. The van der Waals surface area contributed by atoms with Gasteiger partial charge in [0.25, 0.3) is 0 Å². The number of hydrogen-bond donors (Lipinski definition) is 0. The van der Waals surface area contributed by atoms with E-state index in [1.165, 1.54) is 0 Å². The fraction of sp³-hybridized carbons (Fsp3) is 0.143. The average molecular weight is 244 g/mol. The molecule has 0 fully saturated rings. The first-order chi connectivity index (χ1) is 6.32. The Morgan fingerprint density at radius 3 is 2.29 bits per heavy atom. The number of benzene rings is 1. The Morgan fingerprint density at radius 1 is 1.36 bits per heavy atom. The highest BCUT2D eigenvalue weighted by atomic mass is 35.5. The molecule has 0 aromatic heterocycles. The van der Waals surface area contributed by atoms with Crippen molar-refractivity contribution in [2.24, 2.45) is 0 Å². The van der Waals surface area contributed by atoms with Crippen molar-refractivity contribution in [1.29, 1.82) is 0 Å². The standard InChI is InChI=1S/C7H4ClF3O2S/c8-5-3-4(7(9,10)11)1-2-6(5)14(12)13/h1-3H,(H,12,13)/p-1. The van der Waals surface area contributed by atoms with Crippen LogP contribution in [0, 0.1) is 0 Å². The zero-order valence-corrected chi connectivity index (χ0v) is 8.04. The van der Waals surface area contributed by atoms with Gasteiger partial charge in [-0.1, -0.05) is 11.6 Å². The van der Waals surface area contributed by atoms with Crippen molar-refractivity contribution in [2.45, 2.75) is 11.1 Å². The van der Waals surface area contributed by atoms with Crippen molar-refractivity contribution in [3.05, 3.63) is 28.8 Å². The maximum Gasteiger partial charge on any atom is 0.416 e. The van der Waals surface area contributed by atoms with Crippen LogP contribution in [0.2, 0.25) is 5.02 Å². The third kappa shape index (κ3) is 2.46. The van der Waals surface area contributed by atoms with Gasteiger partial charge in [0.1, 0.15) is 0 Å². The summed E-state index contributed by atoms with van der Waals surface area (Å²) < 4.78 is 57.1. The number of alkyl halides is 3. The Morgan fingerprint density at radius 2 is 1.93 bits per heavy atom. The molecule has 0 saturated heterocycles. The molecule has 2 nitrogen and oxygen atoms in total. The quantitative estimate of drug-likeness (QED) is 0.712. The molecule has 0 aliphatic heterocycles. The van der Waals surface area contributed by atoms with Crippen molar-refractivity contribution >= 4 is 22.7 Å². The van der Waals surface area contributed by atoms with Gasteiger partial charge < -0.3 is 4.55 Å². The van der Waals surface area contributed by atoms with Gasteiger partial charge in [-0.3, -0.25) is 4.21 Å². The Bertz CT molecular complexity index is 378. The van der Waals surface area contributed by atoms with Gasteiger partial charge in [-0.2, -0.15) is 13.2 Å². The summed E-state index contributed by atoms with van der Waals surface area (Å²) in [6.07, 6.45) is -4.52. The minimum Gasteiger partial charge on any atom is -0.768 e. The molecule has 0 aliphatic carbocycles. The van der Waals surface area contributed by atoms with Crippen LogP contribution in [0.25, 0.3) is 0 Å². The first kappa shape index (κ1) is 11.5. The van der Waals surface area contributed by atoms with E-state index in [4.69, 9.17) is 11.6 Å². The summed E-state index contributed by atoms with van der Waals surface area (Å²) >= 11 is 2.71. The zero-order valence-electron chi connectivity index (χ0n) is 6.47. The number of halogens is 4. The Hall–Kier alpha value is -0.590. The normalized spacial score (nSPS) is 14.1. The molecule has 0 radical (unpaired) electrons. The molecule has 0 spiro atoms.